The first-order valence-electron chi connectivity index (χ1n) is 6.17. The summed E-state index contributed by atoms with van der Waals surface area (Å²) in [4.78, 5) is 12.8. The Hall–Kier alpha value is -0.690. The van der Waals surface area contributed by atoms with Crippen molar-refractivity contribution in [3.05, 3.63) is 0 Å². The fourth-order valence-corrected chi connectivity index (χ4v) is 2.56. The number of carboxylic acid groups (broad SMARTS) is 1. The van der Waals surface area contributed by atoms with Crippen molar-refractivity contribution in [2.45, 2.75) is 44.7 Å². The number of hydrogen-bond acceptors (Lipinski definition) is 5. The molecule has 1 spiro atoms. The van der Waals surface area contributed by atoms with Gasteiger partial charge in [0.05, 0.1) is 30.3 Å². The third-order valence-electron chi connectivity index (χ3n) is 3.47. The van der Waals surface area contributed by atoms with Gasteiger partial charge < -0.3 is 19.7 Å². The molecule has 2 heterocycles. The smallest absolute Gasteiger partial charge is 0.307 e. The number of carboxylic acids is 1. The highest BCUT2D eigenvalue weighted by Crippen LogP contribution is 2.40. The van der Waals surface area contributed by atoms with Gasteiger partial charge in [-0.3, -0.25) is 4.79 Å². The van der Waals surface area contributed by atoms with Crippen LogP contribution in [0.2, 0.25) is 0 Å². The zero-order chi connectivity index (χ0) is 13.6. The van der Waals surface area contributed by atoms with Gasteiger partial charge in [-0.05, 0) is 27.2 Å². The molecular weight excluding hydrogens is 238 g/mol. The molecule has 2 unspecified atom stereocenters. The van der Waals surface area contributed by atoms with Crippen LogP contribution < -0.4 is 0 Å². The summed E-state index contributed by atoms with van der Waals surface area (Å²) in [5, 5.41) is 19.2. The van der Waals surface area contributed by atoms with Crippen molar-refractivity contribution in [2.24, 2.45) is 5.92 Å². The molecule has 6 nitrogen and oxygen atoms in total. The number of likely N-dealkylation sites (tertiary alicyclic amines) is 1. The lowest BCUT2D eigenvalue weighted by atomic mass is 9.90. The lowest BCUT2D eigenvalue weighted by Gasteiger charge is -2.47. The van der Waals surface area contributed by atoms with Crippen LogP contribution in [-0.2, 0) is 14.3 Å². The van der Waals surface area contributed by atoms with E-state index in [4.69, 9.17) is 14.6 Å². The highest BCUT2D eigenvalue weighted by Gasteiger charge is 2.55. The summed E-state index contributed by atoms with van der Waals surface area (Å²) in [6.45, 7) is 6.78. The quantitative estimate of drug-likeness (QED) is 0.707. The Morgan fingerprint density at radius 1 is 1.50 bits per heavy atom. The molecule has 2 rings (SSSR count). The number of ether oxygens (including phenoxy) is 2. The third kappa shape index (κ3) is 2.51. The molecule has 0 aromatic heterocycles. The molecule has 2 atom stereocenters. The number of carbonyl (C=O) groups is 1. The highest BCUT2D eigenvalue weighted by atomic mass is 16.6. The van der Waals surface area contributed by atoms with E-state index >= 15 is 0 Å². The van der Waals surface area contributed by atoms with Crippen molar-refractivity contribution in [1.82, 2.24) is 4.90 Å². The lowest BCUT2D eigenvalue weighted by molar-refractivity contribution is -0.282. The van der Waals surface area contributed by atoms with Crippen LogP contribution in [0.3, 0.4) is 0 Å². The van der Waals surface area contributed by atoms with E-state index in [1.807, 2.05) is 20.8 Å². The Kier molecular flexibility index (Phi) is 3.40. The lowest BCUT2D eigenvalue weighted by Crippen LogP contribution is -2.62. The summed E-state index contributed by atoms with van der Waals surface area (Å²) in [5.41, 5.74) is -0.847. The summed E-state index contributed by atoms with van der Waals surface area (Å²) < 4.78 is 10.7. The Bertz CT molecular complexity index is 334. The van der Waals surface area contributed by atoms with Crippen molar-refractivity contribution in [2.75, 3.05) is 19.8 Å². The Morgan fingerprint density at radius 3 is 2.50 bits per heavy atom. The van der Waals surface area contributed by atoms with Gasteiger partial charge in [0.15, 0.2) is 0 Å². The standard InChI is InChI=1S/C12H21NO5/c1-11(2,3)18-10(16)13-5-8(9(14)15)4-12(13)6-17-7-12/h8,10,16H,4-7H2,1-3H3,(H,14,15). The molecule has 0 radical (unpaired) electrons. The number of aliphatic hydroxyl groups is 1. The van der Waals surface area contributed by atoms with Gasteiger partial charge in [0.2, 0.25) is 6.41 Å². The molecule has 2 fully saturated rings. The average Bonchev–Trinajstić information content (AvgIpc) is 2.53. The van der Waals surface area contributed by atoms with Crippen LogP contribution in [0.5, 0.6) is 0 Å². The van der Waals surface area contributed by atoms with Gasteiger partial charge in [0.25, 0.3) is 0 Å². The van der Waals surface area contributed by atoms with Crippen LogP contribution in [0, 0.1) is 5.92 Å². The minimum atomic E-state index is -1.08. The molecule has 18 heavy (non-hydrogen) atoms. The summed E-state index contributed by atoms with van der Waals surface area (Å²) in [7, 11) is 0. The van der Waals surface area contributed by atoms with Gasteiger partial charge in [-0.25, -0.2) is 4.90 Å². The van der Waals surface area contributed by atoms with Crippen molar-refractivity contribution < 1.29 is 24.5 Å². The second kappa shape index (κ2) is 4.45. The molecule has 2 aliphatic heterocycles. The van der Waals surface area contributed by atoms with Gasteiger partial charge in [0.1, 0.15) is 0 Å². The zero-order valence-corrected chi connectivity index (χ0v) is 11.0. The second-order valence-corrected chi connectivity index (χ2v) is 6.17. The van der Waals surface area contributed by atoms with Crippen LogP contribution in [-0.4, -0.2) is 58.4 Å². The fraction of sp³-hybridized carbons (Fsp3) is 0.917. The molecule has 0 saturated carbocycles. The predicted octanol–water partition coefficient (Wildman–Crippen LogP) is 0.253. The molecule has 2 N–H and O–H groups in total. The number of aliphatic hydroxyl groups excluding tert-OH is 1. The van der Waals surface area contributed by atoms with Gasteiger partial charge in [-0.2, -0.15) is 0 Å². The van der Waals surface area contributed by atoms with Gasteiger partial charge >= 0.3 is 5.97 Å². The van der Waals surface area contributed by atoms with Crippen molar-refractivity contribution in [3.63, 3.8) is 0 Å². The van der Waals surface area contributed by atoms with Crippen molar-refractivity contribution >= 4 is 5.97 Å². The van der Waals surface area contributed by atoms with Crippen LogP contribution in [0.4, 0.5) is 0 Å². The Labute approximate surface area is 106 Å². The van der Waals surface area contributed by atoms with E-state index in [1.165, 1.54) is 0 Å². The minimum absolute atomic E-state index is 0.302. The molecule has 0 aromatic carbocycles. The highest BCUT2D eigenvalue weighted by molar-refractivity contribution is 5.71. The first kappa shape index (κ1) is 13.7. The average molecular weight is 259 g/mol. The van der Waals surface area contributed by atoms with Crippen LogP contribution in [0.1, 0.15) is 27.2 Å². The summed E-state index contributed by atoms with van der Waals surface area (Å²) in [6, 6.07) is 0. The first-order valence-corrected chi connectivity index (χ1v) is 6.17. The number of aliphatic carboxylic acids is 1. The molecule has 0 amide bonds. The molecular formula is C12H21NO5. The van der Waals surface area contributed by atoms with Gasteiger partial charge in [0, 0.05) is 6.54 Å². The number of hydrogen-bond donors (Lipinski definition) is 2. The van der Waals surface area contributed by atoms with Crippen molar-refractivity contribution in [1.29, 1.82) is 0 Å². The summed E-state index contributed by atoms with van der Waals surface area (Å²) in [6.07, 6.45) is -0.578. The Balaban J connectivity index is 2.08. The number of rotatable bonds is 3. The molecule has 0 aromatic rings. The minimum Gasteiger partial charge on any atom is -0.481 e. The van der Waals surface area contributed by atoms with Gasteiger partial charge in [-0.15, -0.1) is 0 Å². The maximum absolute atomic E-state index is 11.1. The number of nitrogens with zero attached hydrogens (tertiary/aromatic N) is 1. The molecule has 0 bridgehead atoms. The third-order valence-corrected chi connectivity index (χ3v) is 3.47. The van der Waals surface area contributed by atoms with Crippen molar-refractivity contribution in [3.8, 4) is 0 Å². The van der Waals surface area contributed by atoms with Crippen LogP contribution in [0.25, 0.3) is 0 Å². The fourth-order valence-electron chi connectivity index (χ4n) is 2.56. The van der Waals surface area contributed by atoms with E-state index in [9.17, 15) is 9.90 Å². The summed E-state index contributed by atoms with van der Waals surface area (Å²) in [5.74, 6) is -1.29. The maximum Gasteiger partial charge on any atom is 0.307 e. The van der Waals surface area contributed by atoms with E-state index in [0.717, 1.165) is 0 Å². The largest absolute Gasteiger partial charge is 0.481 e. The van der Waals surface area contributed by atoms with Crippen LogP contribution >= 0.6 is 0 Å². The molecule has 6 heteroatoms. The van der Waals surface area contributed by atoms with Crippen LogP contribution in [0.15, 0.2) is 0 Å². The first-order chi connectivity index (χ1) is 8.23. The van der Waals surface area contributed by atoms with E-state index in [-0.39, 0.29) is 5.54 Å². The molecule has 2 saturated heterocycles. The monoisotopic (exact) mass is 259 g/mol. The normalized spacial score (nSPS) is 29.2. The van der Waals surface area contributed by atoms with E-state index < -0.39 is 23.9 Å². The molecule has 104 valence electrons. The Morgan fingerprint density at radius 2 is 2.11 bits per heavy atom. The van der Waals surface area contributed by atoms with Gasteiger partial charge in [-0.1, -0.05) is 0 Å². The molecule has 0 aliphatic carbocycles. The van der Waals surface area contributed by atoms with E-state index in [1.54, 1.807) is 4.90 Å². The second-order valence-electron chi connectivity index (χ2n) is 6.17. The SMILES string of the molecule is CC(C)(C)OC(O)N1CC(C(=O)O)CC12COC2. The zero-order valence-electron chi connectivity index (χ0n) is 11.0. The maximum atomic E-state index is 11.1. The van der Waals surface area contributed by atoms with E-state index in [2.05, 4.69) is 0 Å². The topological polar surface area (TPSA) is 79.2 Å². The predicted molar refractivity (Wildman–Crippen MR) is 62.8 cm³/mol. The molecule has 2 aliphatic rings. The van der Waals surface area contributed by atoms with E-state index in [0.29, 0.717) is 26.2 Å². The summed E-state index contributed by atoms with van der Waals surface area (Å²) >= 11 is 0.